The molecule has 1 aliphatic heterocycles. The van der Waals surface area contributed by atoms with Crippen molar-refractivity contribution in [3.05, 3.63) is 47.7 Å². The van der Waals surface area contributed by atoms with Crippen molar-refractivity contribution < 1.29 is 14.2 Å². The van der Waals surface area contributed by atoms with Gasteiger partial charge in [-0.25, -0.2) is 4.98 Å². The highest BCUT2D eigenvalue weighted by Crippen LogP contribution is 2.32. The molecule has 2 N–H and O–H groups in total. The Morgan fingerprint density at radius 2 is 1.97 bits per heavy atom. The number of ether oxygens (including phenoxy) is 3. The lowest BCUT2D eigenvalue weighted by atomic mass is 10.1. The monoisotopic (exact) mass is 510 g/mol. The molecule has 1 fully saturated rings. The molecule has 156 valence electrons. The molecule has 4 rings (SSSR count). The van der Waals surface area contributed by atoms with Gasteiger partial charge in [0.15, 0.2) is 17.5 Å². The van der Waals surface area contributed by atoms with Crippen LogP contribution in [0.15, 0.2) is 41.5 Å². The molecule has 7 nitrogen and oxygen atoms in total. The van der Waals surface area contributed by atoms with E-state index >= 15 is 0 Å². The Balaban J connectivity index is 0.00000240. The van der Waals surface area contributed by atoms with Crippen LogP contribution >= 0.6 is 24.0 Å². The Hall–Kier alpha value is -2.23. The Morgan fingerprint density at radius 1 is 1.14 bits per heavy atom. The molecule has 8 heteroatoms. The van der Waals surface area contributed by atoms with Gasteiger partial charge in [-0.15, -0.1) is 24.0 Å². The van der Waals surface area contributed by atoms with Crippen LogP contribution in [-0.2, 0) is 13.0 Å². The number of benzene rings is 1. The average Bonchev–Trinajstić information content (AvgIpc) is 3.45. The normalized spacial score (nSPS) is 14.9. The smallest absolute Gasteiger partial charge is 0.231 e. The lowest BCUT2D eigenvalue weighted by molar-refractivity contribution is 0.174. The predicted molar refractivity (Wildman–Crippen MR) is 122 cm³/mol. The molecular formula is C21H27IN4O3. The van der Waals surface area contributed by atoms with Gasteiger partial charge in [0.1, 0.15) is 0 Å². The number of pyridine rings is 1. The first kappa shape index (κ1) is 21.5. The Labute approximate surface area is 188 Å². The molecule has 1 saturated carbocycles. The van der Waals surface area contributed by atoms with Crippen LogP contribution in [-0.4, -0.2) is 37.9 Å². The number of halogens is 1. The third kappa shape index (κ3) is 6.38. The summed E-state index contributed by atoms with van der Waals surface area (Å²) in [5.74, 6) is 3.82. The van der Waals surface area contributed by atoms with Crippen LogP contribution in [0.3, 0.4) is 0 Å². The van der Waals surface area contributed by atoms with Crippen LogP contribution < -0.4 is 24.8 Å². The van der Waals surface area contributed by atoms with E-state index in [2.05, 4.69) is 26.7 Å². The van der Waals surface area contributed by atoms with Crippen LogP contribution in [0, 0.1) is 5.92 Å². The van der Waals surface area contributed by atoms with E-state index in [0.29, 0.717) is 19.2 Å². The minimum absolute atomic E-state index is 0. The Bertz CT molecular complexity index is 825. The van der Waals surface area contributed by atoms with Gasteiger partial charge in [0.2, 0.25) is 12.7 Å². The van der Waals surface area contributed by atoms with Gasteiger partial charge in [0.25, 0.3) is 0 Å². The highest BCUT2D eigenvalue weighted by molar-refractivity contribution is 14.0. The van der Waals surface area contributed by atoms with E-state index in [1.54, 1.807) is 7.05 Å². The van der Waals surface area contributed by atoms with Gasteiger partial charge in [-0.1, -0.05) is 12.1 Å². The molecule has 0 amide bonds. The second-order valence-corrected chi connectivity index (χ2v) is 7.05. The first-order chi connectivity index (χ1) is 13.8. The van der Waals surface area contributed by atoms with E-state index < -0.39 is 0 Å². The molecule has 1 aromatic carbocycles. The molecule has 0 saturated heterocycles. The summed E-state index contributed by atoms with van der Waals surface area (Å²) >= 11 is 0. The van der Waals surface area contributed by atoms with E-state index in [1.165, 1.54) is 18.4 Å². The predicted octanol–water partition coefficient (Wildman–Crippen LogP) is 3.12. The number of fused-ring (bicyclic) bond motifs is 1. The van der Waals surface area contributed by atoms with Crippen molar-refractivity contribution in [1.29, 1.82) is 0 Å². The Morgan fingerprint density at radius 3 is 2.72 bits per heavy atom. The van der Waals surface area contributed by atoms with Crippen molar-refractivity contribution in [2.45, 2.75) is 25.8 Å². The second-order valence-electron chi connectivity index (χ2n) is 7.05. The highest BCUT2D eigenvalue weighted by atomic mass is 127. The average molecular weight is 510 g/mol. The first-order valence-electron chi connectivity index (χ1n) is 9.71. The standard InChI is InChI=1S/C21H26N4O3.HI/c1-22-21(23-9-8-15-4-6-18-19(10-15)28-14-27-18)25-12-17-5-7-20(24-11-17)26-13-16-2-3-16;/h4-7,10-11,16H,2-3,8-9,12-14H2,1H3,(H2,22,23,25);1H. The lowest BCUT2D eigenvalue weighted by Crippen LogP contribution is -2.37. The fourth-order valence-corrected chi connectivity index (χ4v) is 2.92. The third-order valence-electron chi connectivity index (χ3n) is 4.79. The molecule has 2 heterocycles. The maximum absolute atomic E-state index is 5.67. The number of aliphatic imine (C=N–C) groups is 1. The van der Waals surface area contributed by atoms with Crippen LogP contribution in [0.4, 0.5) is 0 Å². The van der Waals surface area contributed by atoms with E-state index in [0.717, 1.165) is 48.5 Å². The summed E-state index contributed by atoms with van der Waals surface area (Å²) in [6.45, 7) is 2.51. The summed E-state index contributed by atoms with van der Waals surface area (Å²) in [6, 6.07) is 10.00. The number of hydrogen-bond acceptors (Lipinski definition) is 5. The number of rotatable bonds is 8. The van der Waals surface area contributed by atoms with E-state index in [1.807, 2.05) is 30.5 Å². The van der Waals surface area contributed by atoms with Crippen molar-refractivity contribution >= 4 is 29.9 Å². The lowest BCUT2D eigenvalue weighted by Gasteiger charge is -2.12. The van der Waals surface area contributed by atoms with Crippen LogP contribution in [0.25, 0.3) is 0 Å². The number of hydrogen-bond donors (Lipinski definition) is 2. The van der Waals surface area contributed by atoms with Crippen molar-refractivity contribution in [2.75, 3.05) is 27.0 Å². The maximum Gasteiger partial charge on any atom is 0.231 e. The number of nitrogens with one attached hydrogen (secondary N) is 2. The minimum Gasteiger partial charge on any atom is -0.477 e. The molecule has 0 bridgehead atoms. The molecule has 0 spiro atoms. The van der Waals surface area contributed by atoms with Crippen molar-refractivity contribution in [2.24, 2.45) is 10.9 Å². The summed E-state index contributed by atoms with van der Waals surface area (Å²) in [5.41, 5.74) is 2.27. The van der Waals surface area contributed by atoms with Gasteiger partial charge in [-0.3, -0.25) is 4.99 Å². The second kappa shape index (κ2) is 10.5. The summed E-state index contributed by atoms with van der Waals surface area (Å²) in [4.78, 5) is 8.64. The van der Waals surface area contributed by atoms with Gasteiger partial charge in [0, 0.05) is 32.4 Å². The van der Waals surface area contributed by atoms with Gasteiger partial charge < -0.3 is 24.8 Å². The first-order valence-corrected chi connectivity index (χ1v) is 9.71. The zero-order valence-electron chi connectivity index (χ0n) is 16.5. The summed E-state index contributed by atoms with van der Waals surface area (Å²) < 4.78 is 16.4. The number of guanidine groups is 1. The molecule has 0 radical (unpaired) electrons. The minimum atomic E-state index is 0. The SMILES string of the molecule is CN=C(NCCc1ccc2c(c1)OCO2)NCc1ccc(OCC2CC2)nc1.I. The number of nitrogens with zero attached hydrogens (tertiary/aromatic N) is 2. The molecule has 29 heavy (non-hydrogen) atoms. The molecule has 1 aliphatic carbocycles. The maximum atomic E-state index is 5.67. The van der Waals surface area contributed by atoms with Gasteiger partial charge in [-0.05, 0) is 48.4 Å². The fourth-order valence-electron chi connectivity index (χ4n) is 2.92. The molecule has 0 atom stereocenters. The van der Waals surface area contributed by atoms with Crippen molar-refractivity contribution in [3.8, 4) is 17.4 Å². The summed E-state index contributed by atoms with van der Waals surface area (Å²) in [6.07, 6.45) is 5.27. The van der Waals surface area contributed by atoms with Crippen molar-refractivity contribution in [3.63, 3.8) is 0 Å². The molecule has 0 unspecified atom stereocenters. The molecule has 2 aliphatic rings. The third-order valence-corrected chi connectivity index (χ3v) is 4.79. The van der Waals surface area contributed by atoms with Gasteiger partial charge in [0.05, 0.1) is 6.61 Å². The quantitative estimate of drug-likeness (QED) is 0.323. The topological polar surface area (TPSA) is 77.0 Å². The molecule has 2 aromatic rings. The van der Waals surface area contributed by atoms with Gasteiger partial charge in [-0.2, -0.15) is 0 Å². The van der Waals surface area contributed by atoms with E-state index in [-0.39, 0.29) is 24.0 Å². The van der Waals surface area contributed by atoms with Crippen LogP contribution in [0.2, 0.25) is 0 Å². The van der Waals surface area contributed by atoms with Gasteiger partial charge >= 0.3 is 0 Å². The van der Waals surface area contributed by atoms with Crippen LogP contribution in [0.5, 0.6) is 17.4 Å². The fraction of sp³-hybridized carbons (Fsp3) is 0.429. The largest absolute Gasteiger partial charge is 0.477 e. The summed E-state index contributed by atoms with van der Waals surface area (Å²) in [5, 5.41) is 6.64. The van der Waals surface area contributed by atoms with Crippen molar-refractivity contribution in [1.82, 2.24) is 15.6 Å². The van der Waals surface area contributed by atoms with E-state index in [4.69, 9.17) is 14.2 Å². The molecular weight excluding hydrogens is 483 g/mol. The highest BCUT2D eigenvalue weighted by Gasteiger charge is 2.22. The zero-order chi connectivity index (χ0) is 19.2. The van der Waals surface area contributed by atoms with Crippen LogP contribution in [0.1, 0.15) is 24.0 Å². The molecule has 1 aromatic heterocycles. The number of aromatic nitrogens is 1. The Kier molecular flexibility index (Phi) is 7.79. The zero-order valence-corrected chi connectivity index (χ0v) is 18.8. The van der Waals surface area contributed by atoms with E-state index in [9.17, 15) is 0 Å². The summed E-state index contributed by atoms with van der Waals surface area (Å²) in [7, 11) is 1.77.